The molecule has 23 heavy (non-hydrogen) atoms. The van der Waals surface area contributed by atoms with E-state index in [-0.39, 0.29) is 0 Å². The summed E-state index contributed by atoms with van der Waals surface area (Å²) in [7, 11) is 0. The third-order valence-corrected chi connectivity index (χ3v) is 3.30. The Labute approximate surface area is 149 Å². The van der Waals surface area contributed by atoms with E-state index in [9.17, 15) is 0 Å². The summed E-state index contributed by atoms with van der Waals surface area (Å²) in [6.07, 6.45) is 7.90. The first-order valence-electron chi connectivity index (χ1n) is 9.00. The third-order valence-electron chi connectivity index (χ3n) is 3.30. The van der Waals surface area contributed by atoms with Crippen molar-refractivity contribution < 1.29 is 0 Å². The Hall–Kier alpha value is -1.04. The number of allylic oxidation sites excluding steroid dienone is 6. The zero-order chi connectivity index (χ0) is 19.4. The van der Waals surface area contributed by atoms with Gasteiger partial charge in [0.2, 0.25) is 0 Å². The first kappa shape index (κ1) is 29.9. The maximum absolute atomic E-state index is 3.75. The van der Waals surface area contributed by atoms with Gasteiger partial charge in [-0.15, -0.1) is 6.58 Å². The van der Waals surface area contributed by atoms with Crippen LogP contribution in [0.15, 0.2) is 47.6 Å². The highest BCUT2D eigenvalue weighted by atomic mass is 13.9. The fourth-order valence-electron chi connectivity index (χ4n) is 0.539. The van der Waals surface area contributed by atoms with Gasteiger partial charge in [0.15, 0.2) is 0 Å². The Kier molecular flexibility index (Phi) is 30.2. The average Bonchev–Trinajstić information content (AvgIpc) is 2.48. The molecule has 0 aromatic heterocycles. The topological polar surface area (TPSA) is 0 Å². The monoisotopic (exact) mass is 322 g/mol. The van der Waals surface area contributed by atoms with E-state index in [0.717, 1.165) is 6.42 Å². The average molecular weight is 323 g/mol. The molecular weight excluding hydrogens is 276 g/mol. The van der Waals surface area contributed by atoms with Crippen LogP contribution in [0.5, 0.6) is 0 Å². The van der Waals surface area contributed by atoms with Crippen molar-refractivity contribution in [3.8, 4) is 0 Å². The van der Waals surface area contributed by atoms with Crippen LogP contribution < -0.4 is 0 Å². The molecule has 0 aliphatic rings. The van der Waals surface area contributed by atoms with E-state index >= 15 is 0 Å². The first-order chi connectivity index (χ1) is 10.5. The van der Waals surface area contributed by atoms with Gasteiger partial charge >= 0.3 is 0 Å². The van der Waals surface area contributed by atoms with E-state index in [1.807, 2.05) is 20.8 Å². The summed E-state index contributed by atoms with van der Waals surface area (Å²) < 4.78 is 0. The van der Waals surface area contributed by atoms with Crippen molar-refractivity contribution in [1.82, 2.24) is 0 Å². The number of hydrogen-bond donors (Lipinski definition) is 0. The molecule has 0 atom stereocenters. The Bertz CT molecular complexity index is 320. The zero-order valence-electron chi connectivity index (χ0n) is 18.3. The van der Waals surface area contributed by atoms with Gasteiger partial charge in [-0.3, -0.25) is 0 Å². The van der Waals surface area contributed by atoms with Crippen molar-refractivity contribution in [3.63, 3.8) is 0 Å². The van der Waals surface area contributed by atoms with Crippen molar-refractivity contribution in [2.75, 3.05) is 0 Å². The van der Waals surface area contributed by atoms with E-state index in [2.05, 4.69) is 80.7 Å². The molecule has 0 bridgehead atoms. The van der Waals surface area contributed by atoms with Crippen LogP contribution in [0.3, 0.4) is 0 Å². The molecule has 0 rings (SSSR count). The van der Waals surface area contributed by atoms with Crippen LogP contribution >= 0.6 is 0 Å². The summed E-state index contributed by atoms with van der Waals surface area (Å²) in [6.45, 7) is 30.5. The van der Waals surface area contributed by atoms with E-state index < -0.39 is 0 Å². The smallest absolute Gasteiger partial charge is 0.0266 e. The minimum Gasteiger partial charge on any atom is -0.100 e. The summed E-state index contributed by atoms with van der Waals surface area (Å²) in [5, 5.41) is 0. The van der Waals surface area contributed by atoms with Crippen LogP contribution in [-0.2, 0) is 0 Å². The van der Waals surface area contributed by atoms with Crippen molar-refractivity contribution in [1.29, 1.82) is 0 Å². The minimum absolute atomic E-state index is 0.657. The van der Waals surface area contributed by atoms with E-state index in [1.165, 1.54) is 35.1 Å². The molecule has 0 heteroatoms. The fraction of sp³-hybridized carbons (Fsp3) is 0.652. The van der Waals surface area contributed by atoms with Crippen LogP contribution in [0.4, 0.5) is 0 Å². The lowest BCUT2D eigenvalue weighted by Crippen LogP contribution is -1.83. The van der Waals surface area contributed by atoms with Gasteiger partial charge in [0.1, 0.15) is 0 Å². The van der Waals surface area contributed by atoms with Crippen molar-refractivity contribution in [2.45, 2.75) is 95.4 Å². The lowest BCUT2D eigenvalue weighted by atomic mass is 10.1. The number of rotatable bonds is 4. The normalized spacial score (nSPS) is 9.30. The molecule has 0 radical (unpaired) electrons. The van der Waals surface area contributed by atoms with E-state index in [4.69, 9.17) is 0 Å². The van der Waals surface area contributed by atoms with Crippen LogP contribution in [0.2, 0.25) is 0 Å². The molecule has 0 amide bonds. The SMILES string of the molecule is C=C(C)C(C)C.C=C(C)CC.CC=C(C)C.CC=C(C)CCC. The molecule has 0 unspecified atom stereocenters. The largest absolute Gasteiger partial charge is 0.100 e. The molecule has 0 fully saturated rings. The summed E-state index contributed by atoms with van der Waals surface area (Å²) in [4.78, 5) is 0. The molecule has 0 saturated heterocycles. The van der Waals surface area contributed by atoms with Crippen LogP contribution in [0.1, 0.15) is 95.4 Å². The Morgan fingerprint density at radius 2 is 1.17 bits per heavy atom. The molecule has 0 aliphatic carbocycles. The van der Waals surface area contributed by atoms with Gasteiger partial charge in [-0.05, 0) is 67.2 Å². The van der Waals surface area contributed by atoms with Crippen molar-refractivity contribution >= 4 is 0 Å². The maximum atomic E-state index is 3.75. The molecule has 0 N–H and O–H groups in total. The van der Waals surface area contributed by atoms with Gasteiger partial charge < -0.3 is 0 Å². The van der Waals surface area contributed by atoms with Gasteiger partial charge in [-0.1, -0.05) is 75.1 Å². The van der Waals surface area contributed by atoms with Gasteiger partial charge in [-0.25, -0.2) is 0 Å². The van der Waals surface area contributed by atoms with Crippen molar-refractivity contribution in [3.05, 3.63) is 47.6 Å². The minimum atomic E-state index is 0.657. The highest BCUT2D eigenvalue weighted by molar-refractivity contribution is 4.94. The molecule has 0 aliphatic heterocycles. The Balaban J connectivity index is -0.000000106. The van der Waals surface area contributed by atoms with E-state index in [0.29, 0.717) is 5.92 Å². The first-order valence-corrected chi connectivity index (χ1v) is 9.00. The third kappa shape index (κ3) is 52.7. The van der Waals surface area contributed by atoms with Gasteiger partial charge in [0.05, 0.1) is 0 Å². The molecule has 0 aromatic carbocycles. The molecule has 0 aromatic rings. The predicted octanol–water partition coefficient (Wildman–Crippen LogP) is 8.92. The molecule has 0 heterocycles. The molecule has 0 nitrogen and oxygen atoms in total. The highest BCUT2D eigenvalue weighted by Gasteiger charge is 1.87. The fourth-order valence-corrected chi connectivity index (χ4v) is 0.539. The van der Waals surface area contributed by atoms with Gasteiger partial charge in [0, 0.05) is 0 Å². The second-order valence-electron chi connectivity index (χ2n) is 6.56. The molecule has 138 valence electrons. The zero-order valence-corrected chi connectivity index (χ0v) is 18.3. The van der Waals surface area contributed by atoms with Crippen LogP contribution in [0, 0.1) is 5.92 Å². The summed E-state index contributed by atoms with van der Waals surface area (Å²) in [6, 6.07) is 0. The summed E-state index contributed by atoms with van der Waals surface area (Å²) >= 11 is 0. The van der Waals surface area contributed by atoms with Gasteiger partial charge in [0.25, 0.3) is 0 Å². The summed E-state index contributed by atoms with van der Waals surface area (Å²) in [5.74, 6) is 0.657. The van der Waals surface area contributed by atoms with Crippen LogP contribution in [-0.4, -0.2) is 0 Å². The Morgan fingerprint density at radius 3 is 1.22 bits per heavy atom. The lowest BCUT2D eigenvalue weighted by Gasteiger charge is -1.97. The highest BCUT2D eigenvalue weighted by Crippen LogP contribution is 2.02. The molecule has 0 saturated carbocycles. The second-order valence-corrected chi connectivity index (χ2v) is 6.56. The Morgan fingerprint density at radius 1 is 0.870 bits per heavy atom. The van der Waals surface area contributed by atoms with Gasteiger partial charge in [-0.2, -0.15) is 0 Å². The standard InChI is InChI=1S/C7H14.C6H12.2C5H10/c1-4-6-7(3)5-2;1-5(2)6(3)4;2*1-4-5(2)3/h5H,4,6H2,1-3H3;6H,1H2,2-4H3;4H,1-3H3;2,4H2,1,3H3. The van der Waals surface area contributed by atoms with Crippen LogP contribution in [0.25, 0.3) is 0 Å². The maximum Gasteiger partial charge on any atom is -0.0266 e. The molecular formula is C23H46. The van der Waals surface area contributed by atoms with E-state index in [1.54, 1.807) is 0 Å². The second kappa shape index (κ2) is 23.2. The quantitative estimate of drug-likeness (QED) is 0.453. The molecule has 0 spiro atoms. The predicted molar refractivity (Wildman–Crippen MR) is 114 cm³/mol. The van der Waals surface area contributed by atoms with Crippen molar-refractivity contribution in [2.24, 2.45) is 5.92 Å². The summed E-state index contributed by atoms with van der Waals surface area (Å²) in [5.41, 5.74) is 5.40. The number of hydrogen-bond acceptors (Lipinski definition) is 0. The lowest BCUT2D eigenvalue weighted by molar-refractivity contribution is 0.773.